The number of esters is 1. The van der Waals surface area contributed by atoms with Crippen molar-refractivity contribution in [2.75, 3.05) is 0 Å². The van der Waals surface area contributed by atoms with E-state index < -0.39 is 0 Å². The highest BCUT2D eigenvalue weighted by molar-refractivity contribution is 5.74. The summed E-state index contributed by atoms with van der Waals surface area (Å²) in [4.78, 5) is 13.1. The molecule has 0 aromatic carbocycles. The monoisotopic (exact) mass is 346 g/mol. The Hall–Kier alpha value is -0.530. The van der Waals surface area contributed by atoms with Crippen molar-refractivity contribution in [2.45, 2.75) is 97.0 Å². The van der Waals surface area contributed by atoms with Crippen molar-refractivity contribution < 1.29 is 9.53 Å². The van der Waals surface area contributed by atoms with Crippen LogP contribution in [0, 0.1) is 41.4 Å². The van der Waals surface area contributed by atoms with E-state index in [9.17, 15) is 4.79 Å². The average molecular weight is 347 g/mol. The molecule has 4 fully saturated rings. The molecule has 2 nitrogen and oxygen atoms in total. The first-order valence-corrected chi connectivity index (χ1v) is 11.3. The molecule has 4 aliphatic carbocycles. The first-order valence-electron chi connectivity index (χ1n) is 11.3. The molecule has 2 heteroatoms. The highest BCUT2D eigenvalue weighted by Crippen LogP contribution is 2.66. The van der Waals surface area contributed by atoms with Crippen LogP contribution in [0.5, 0.6) is 0 Å². The topological polar surface area (TPSA) is 26.3 Å². The van der Waals surface area contributed by atoms with E-state index in [-0.39, 0.29) is 17.5 Å². The Morgan fingerprint density at radius 3 is 2.40 bits per heavy atom. The summed E-state index contributed by atoms with van der Waals surface area (Å²) in [6, 6.07) is 0. The minimum absolute atomic E-state index is 0.108. The second kappa shape index (κ2) is 6.89. The van der Waals surface area contributed by atoms with Crippen molar-refractivity contribution in [2.24, 2.45) is 41.4 Å². The molecule has 6 unspecified atom stereocenters. The molecule has 7 atom stereocenters. The van der Waals surface area contributed by atoms with Gasteiger partial charge in [-0.15, -0.1) is 0 Å². The second-order valence-electron chi connectivity index (χ2n) is 9.77. The van der Waals surface area contributed by atoms with E-state index in [2.05, 4.69) is 20.8 Å². The minimum Gasteiger partial charge on any atom is -0.459 e. The molecule has 0 amide bonds. The smallest absolute Gasteiger partial charge is 0.309 e. The summed E-state index contributed by atoms with van der Waals surface area (Å²) < 4.78 is 6.24. The van der Waals surface area contributed by atoms with Crippen molar-refractivity contribution in [3.05, 3.63) is 0 Å². The third kappa shape index (κ3) is 2.86. The molecule has 0 radical (unpaired) electrons. The van der Waals surface area contributed by atoms with E-state index >= 15 is 0 Å². The summed E-state index contributed by atoms with van der Waals surface area (Å²) in [5.74, 6) is 5.46. The lowest BCUT2D eigenvalue weighted by Gasteiger charge is -2.37. The molecular weight excluding hydrogens is 308 g/mol. The van der Waals surface area contributed by atoms with Gasteiger partial charge in [-0.05, 0) is 86.9 Å². The predicted octanol–water partition coefficient (Wildman–Crippen LogP) is 5.99. The van der Waals surface area contributed by atoms with Gasteiger partial charge in [-0.2, -0.15) is 0 Å². The molecule has 142 valence electrons. The average Bonchev–Trinajstić information content (AvgIpc) is 3.36. The lowest BCUT2D eigenvalue weighted by atomic mass is 9.70. The van der Waals surface area contributed by atoms with Gasteiger partial charge in [0.25, 0.3) is 0 Å². The third-order valence-electron chi connectivity index (χ3n) is 8.79. The summed E-state index contributed by atoms with van der Waals surface area (Å²) >= 11 is 0. The Bertz CT molecular complexity index is 492. The minimum atomic E-state index is -0.108. The van der Waals surface area contributed by atoms with E-state index in [4.69, 9.17) is 4.74 Å². The van der Waals surface area contributed by atoms with Gasteiger partial charge in [-0.3, -0.25) is 4.79 Å². The van der Waals surface area contributed by atoms with Crippen LogP contribution in [0.3, 0.4) is 0 Å². The summed E-state index contributed by atoms with van der Waals surface area (Å²) in [5.41, 5.74) is -0.108. The van der Waals surface area contributed by atoms with Gasteiger partial charge in [0.1, 0.15) is 5.60 Å². The van der Waals surface area contributed by atoms with Gasteiger partial charge in [0, 0.05) is 0 Å². The van der Waals surface area contributed by atoms with Gasteiger partial charge in [0.15, 0.2) is 0 Å². The Kier molecular flexibility index (Phi) is 4.92. The third-order valence-corrected chi connectivity index (χ3v) is 8.79. The van der Waals surface area contributed by atoms with Crippen LogP contribution in [0.1, 0.15) is 91.4 Å². The SMILES string of the molecule is CCC[C@@H]1CC(CC)C2C3CC(CC3C(=O)OC3(CC)CCCC3)C21. The van der Waals surface area contributed by atoms with Crippen molar-refractivity contribution in [1.29, 1.82) is 0 Å². The molecule has 0 aromatic heterocycles. The molecule has 4 aliphatic rings. The largest absolute Gasteiger partial charge is 0.459 e. The van der Waals surface area contributed by atoms with Gasteiger partial charge in [-0.1, -0.05) is 40.0 Å². The Morgan fingerprint density at radius 2 is 1.76 bits per heavy atom. The number of fused-ring (bicyclic) bond motifs is 5. The Labute approximate surface area is 154 Å². The van der Waals surface area contributed by atoms with Crippen molar-refractivity contribution in [3.63, 3.8) is 0 Å². The molecular formula is C23H38O2. The van der Waals surface area contributed by atoms with Gasteiger partial charge < -0.3 is 4.74 Å². The number of carbonyl (C=O) groups excluding carboxylic acids is 1. The highest BCUT2D eigenvalue weighted by atomic mass is 16.6. The zero-order valence-electron chi connectivity index (χ0n) is 16.6. The lowest BCUT2D eigenvalue weighted by molar-refractivity contribution is -0.168. The number of hydrogen-bond acceptors (Lipinski definition) is 2. The van der Waals surface area contributed by atoms with Gasteiger partial charge in [0.2, 0.25) is 0 Å². The Balaban J connectivity index is 1.47. The first-order chi connectivity index (χ1) is 12.1. The highest BCUT2D eigenvalue weighted by Gasteiger charge is 2.61. The number of ether oxygens (including phenoxy) is 1. The van der Waals surface area contributed by atoms with Crippen LogP contribution in [-0.2, 0) is 9.53 Å². The van der Waals surface area contributed by atoms with Crippen LogP contribution in [0.4, 0.5) is 0 Å². The quantitative estimate of drug-likeness (QED) is 0.552. The van der Waals surface area contributed by atoms with Crippen molar-refractivity contribution >= 4 is 5.97 Å². The number of rotatable bonds is 6. The number of hydrogen-bond donors (Lipinski definition) is 0. The van der Waals surface area contributed by atoms with Crippen molar-refractivity contribution in [1.82, 2.24) is 0 Å². The fourth-order valence-corrected chi connectivity index (χ4v) is 7.74. The molecule has 0 aromatic rings. The van der Waals surface area contributed by atoms with E-state index in [0.29, 0.717) is 5.92 Å². The van der Waals surface area contributed by atoms with Crippen LogP contribution in [0.15, 0.2) is 0 Å². The van der Waals surface area contributed by atoms with E-state index in [1.807, 2.05) is 0 Å². The maximum absolute atomic E-state index is 13.1. The lowest BCUT2D eigenvalue weighted by Crippen LogP contribution is -2.39. The van der Waals surface area contributed by atoms with Gasteiger partial charge in [0.05, 0.1) is 5.92 Å². The predicted molar refractivity (Wildman–Crippen MR) is 101 cm³/mol. The maximum atomic E-state index is 13.1. The molecule has 4 rings (SSSR count). The summed E-state index contributed by atoms with van der Waals surface area (Å²) in [7, 11) is 0. The second-order valence-corrected chi connectivity index (χ2v) is 9.77. The molecule has 0 spiro atoms. The molecule has 25 heavy (non-hydrogen) atoms. The zero-order valence-corrected chi connectivity index (χ0v) is 16.6. The summed E-state index contributed by atoms with van der Waals surface area (Å²) in [5, 5.41) is 0. The normalized spacial score (nSPS) is 44.2. The summed E-state index contributed by atoms with van der Waals surface area (Å²) in [6.45, 7) is 6.92. The standard InChI is InChI=1S/C23H38O2/c1-4-9-16-12-15(5-2)21-18-13-17(20(16)21)14-19(18)22(24)25-23(6-3)10-7-8-11-23/h15-21H,4-14H2,1-3H3/t15?,16-,17?,18?,19?,20?,21?/m1/s1. The zero-order chi connectivity index (χ0) is 17.6. The maximum Gasteiger partial charge on any atom is 0.309 e. The first kappa shape index (κ1) is 17.9. The van der Waals surface area contributed by atoms with Crippen LogP contribution < -0.4 is 0 Å². The fourth-order valence-electron chi connectivity index (χ4n) is 7.74. The van der Waals surface area contributed by atoms with Crippen LogP contribution in [-0.4, -0.2) is 11.6 Å². The van der Waals surface area contributed by atoms with Crippen molar-refractivity contribution in [3.8, 4) is 0 Å². The summed E-state index contributed by atoms with van der Waals surface area (Å²) in [6.07, 6.45) is 13.6. The Morgan fingerprint density at radius 1 is 1.00 bits per heavy atom. The molecule has 0 N–H and O–H groups in total. The van der Waals surface area contributed by atoms with Gasteiger partial charge in [-0.25, -0.2) is 0 Å². The van der Waals surface area contributed by atoms with E-state index in [1.165, 1.54) is 44.9 Å². The fraction of sp³-hybridized carbons (Fsp3) is 0.957. The van der Waals surface area contributed by atoms with Crippen LogP contribution in [0.25, 0.3) is 0 Å². The van der Waals surface area contributed by atoms with E-state index in [1.54, 1.807) is 0 Å². The van der Waals surface area contributed by atoms with Crippen LogP contribution in [0.2, 0.25) is 0 Å². The molecule has 0 heterocycles. The van der Waals surface area contributed by atoms with Gasteiger partial charge >= 0.3 is 5.97 Å². The van der Waals surface area contributed by atoms with Crippen LogP contribution >= 0.6 is 0 Å². The molecule has 0 saturated heterocycles. The van der Waals surface area contributed by atoms with E-state index in [0.717, 1.165) is 55.3 Å². The molecule has 4 saturated carbocycles. The molecule has 2 bridgehead atoms. The molecule has 0 aliphatic heterocycles. The number of carbonyl (C=O) groups is 1.